The van der Waals surface area contributed by atoms with Crippen LogP contribution in [0.25, 0.3) is 53.6 Å². The molecule has 5 aromatic carbocycles. The van der Waals surface area contributed by atoms with E-state index in [-0.39, 0.29) is 23.0 Å². The predicted octanol–water partition coefficient (Wildman–Crippen LogP) is 10.1. The molecule has 0 saturated heterocycles. The summed E-state index contributed by atoms with van der Waals surface area (Å²) in [5.74, 6) is 2.81. The van der Waals surface area contributed by atoms with Gasteiger partial charge in [0.2, 0.25) is 0 Å². The van der Waals surface area contributed by atoms with Crippen molar-refractivity contribution in [2.45, 2.75) is 33.1 Å². The van der Waals surface area contributed by atoms with E-state index in [2.05, 4.69) is 39.5 Å². The van der Waals surface area contributed by atoms with E-state index in [4.69, 9.17) is 33.3 Å². The summed E-state index contributed by atoms with van der Waals surface area (Å²) in [6.07, 6.45) is 2.39. The summed E-state index contributed by atoms with van der Waals surface area (Å²) in [5.41, 5.74) is 4.15. The number of nitriles is 2. The van der Waals surface area contributed by atoms with Gasteiger partial charge in [0.15, 0.2) is 0 Å². The molecule has 0 bridgehead atoms. The molecule has 0 saturated carbocycles. The summed E-state index contributed by atoms with van der Waals surface area (Å²) in [6, 6.07) is 43.8. The second-order valence-electron chi connectivity index (χ2n) is 16.5. The molecule has 0 N–H and O–H groups in total. The molecule has 320 valence electrons. The van der Waals surface area contributed by atoms with E-state index in [1.165, 1.54) is 22.7 Å². The molecule has 9 aromatic rings. The van der Waals surface area contributed by atoms with Crippen molar-refractivity contribution < 1.29 is 23.4 Å². The van der Waals surface area contributed by atoms with Crippen molar-refractivity contribution in [2.75, 3.05) is 6.61 Å². The molecule has 15 heteroatoms. The van der Waals surface area contributed by atoms with Crippen molar-refractivity contribution in [1.82, 2.24) is 18.9 Å². The van der Waals surface area contributed by atoms with Crippen LogP contribution in [-0.2, 0) is 0 Å². The van der Waals surface area contributed by atoms with Gasteiger partial charge in [-0.15, -0.1) is 29.3 Å². The van der Waals surface area contributed by atoms with Gasteiger partial charge in [0.1, 0.15) is 62.0 Å². The Morgan fingerprint density at radius 2 is 1.18 bits per heavy atom. The number of ether oxygens (including phenoxy) is 1. The summed E-state index contributed by atoms with van der Waals surface area (Å²) < 4.78 is 39.2. The Kier molecular flexibility index (Phi) is 10.4. The smallest absolute Gasteiger partial charge is 0.503 e. The number of fused-ring (bicyclic) bond motifs is 5. The lowest BCUT2D eigenvalue weighted by Crippen LogP contribution is -2.45. The normalized spacial score (nSPS) is 14.2. The molecule has 11 rings (SSSR count). The van der Waals surface area contributed by atoms with Gasteiger partial charge in [0.25, 0.3) is 0 Å². The van der Waals surface area contributed by atoms with Crippen molar-refractivity contribution in [2.24, 2.45) is 5.92 Å². The van der Waals surface area contributed by atoms with Gasteiger partial charge in [-0.25, -0.2) is 9.97 Å². The zero-order chi connectivity index (χ0) is 45.1. The van der Waals surface area contributed by atoms with Crippen LogP contribution in [0.3, 0.4) is 0 Å². The summed E-state index contributed by atoms with van der Waals surface area (Å²) in [5, 5.41) is 26.6. The van der Waals surface area contributed by atoms with Crippen molar-refractivity contribution in [3.8, 4) is 52.1 Å². The zero-order valence-corrected chi connectivity index (χ0v) is 37.7. The topological polar surface area (TPSA) is 129 Å². The van der Waals surface area contributed by atoms with E-state index in [9.17, 15) is 10.5 Å². The molecular weight excluding hydrogens is 862 g/mol. The summed E-state index contributed by atoms with van der Waals surface area (Å²) in [7, 11) is -2.19. The lowest BCUT2D eigenvalue weighted by Gasteiger charge is -2.19. The Morgan fingerprint density at radius 1 is 0.682 bits per heavy atom. The minimum Gasteiger partial charge on any atom is -0.503 e. The number of hydrogen-bond donors (Lipinski definition) is 0. The van der Waals surface area contributed by atoms with Gasteiger partial charge in [-0.05, 0) is 78.9 Å². The fraction of sp³-hybridized carbons (Fsp3) is 0.137. The van der Waals surface area contributed by atoms with Crippen molar-refractivity contribution in [1.29, 1.82) is 10.5 Å². The van der Waals surface area contributed by atoms with Crippen LogP contribution in [0, 0.1) is 28.6 Å². The van der Waals surface area contributed by atoms with Crippen LogP contribution < -0.4 is 34.1 Å². The van der Waals surface area contributed by atoms with E-state index >= 15 is 0 Å². The van der Waals surface area contributed by atoms with E-state index in [0.29, 0.717) is 79.0 Å². The zero-order valence-electron chi connectivity index (χ0n) is 36.1. The molecule has 11 nitrogen and oxygen atoms in total. The van der Waals surface area contributed by atoms with Crippen molar-refractivity contribution >= 4 is 79.5 Å². The molecule has 66 heavy (non-hydrogen) atoms. The molecule has 1 atom stereocenters. The maximum Gasteiger partial charge on any atom is 0.743 e. The minimum atomic E-state index is -1.11. The summed E-state index contributed by atoms with van der Waals surface area (Å²) in [4.78, 5) is 10.2. The molecule has 0 fully saturated rings. The third kappa shape index (κ3) is 6.87. The van der Waals surface area contributed by atoms with Gasteiger partial charge < -0.3 is 32.3 Å². The first-order valence-electron chi connectivity index (χ1n) is 21.6. The fourth-order valence-corrected chi connectivity index (χ4v) is 10.7. The van der Waals surface area contributed by atoms with Crippen LogP contribution in [0.1, 0.15) is 48.8 Å². The first kappa shape index (κ1) is 41.0. The SMILES string of the molecule is C=CCC(C)c1c2/c(=C(\C#N)c3nc4ccccc4s3)n(B3Oc4ccccc4O3)c(-c3cccc(OCC(C)C)c3)c2/c(=C(\C#N)c2nc3ccccc3s2)n1B1Oc2ccccc2O1. The minimum absolute atomic E-state index is 0.267. The predicted molar refractivity (Wildman–Crippen MR) is 261 cm³/mol. The first-order valence-corrected chi connectivity index (χ1v) is 23.2. The average molecular weight is 901 g/mol. The molecule has 4 aromatic heterocycles. The highest BCUT2D eigenvalue weighted by Crippen LogP contribution is 2.42. The highest BCUT2D eigenvalue weighted by Gasteiger charge is 2.45. The lowest BCUT2D eigenvalue weighted by molar-refractivity contribution is 0.271. The molecule has 2 aliphatic rings. The third-order valence-corrected chi connectivity index (χ3v) is 13.7. The van der Waals surface area contributed by atoms with Crippen molar-refractivity contribution in [3.63, 3.8) is 0 Å². The Labute approximate surface area is 388 Å². The Balaban J connectivity index is 1.39. The highest BCUT2D eigenvalue weighted by atomic mass is 32.1. The van der Waals surface area contributed by atoms with Crippen LogP contribution >= 0.6 is 22.7 Å². The number of aromatic nitrogens is 4. The van der Waals surface area contributed by atoms with Gasteiger partial charge >= 0.3 is 14.5 Å². The molecule has 0 spiro atoms. The third-order valence-electron chi connectivity index (χ3n) is 11.6. The molecule has 6 heterocycles. The standard InChI is InChI=1S/C51H38B2N6O5S2/c1-5-15-31(4)46-44-45(49(58(46)52-61-38-20-8-9-21-39(38)62-52)35(28-55)51-57-37-19-7-13-25-43(37)66-51)47(32-16-14-17-33(26-32)60-29-30(2)3)59(53-63-40-22-10-11-23-41(40)64-53)48(44)34(27-54)50-56-36-18-6-12-24-42(36)65-50/h5-14,16-26,30-31H,1,15,29H2,2-4H3/b48-34-,49-35-. The maximum absolute atomic E-state index is 11.7. The number of para-hydroxylation sites is 6. The molecule has 0 aliphatic carbocycles. The molecule has 0 radical (unpaired) electrons. The Bertz CT molecular complexity index is 3420. The van der Waals surface area contributed by atoms with E-state index in [1.807, 2.05) is 136 Å². The quantitative estimate of drug-likeness (QED) is 0.0920. The molecule has 1 unspecified atom stereocenters. The molecular formula is C51H38B2N6O5S2. The second kappa shape index (κ2) is 16.7. The Hall–Kier alpha value is -7.71. The molecule has 2 aliphatic heterocycles. The van der Waals surface area contributed by atoms with Crippen LogP contribution in [0.15, 0.2) is 134 Å². The highest BCUT2D eigenvalue weighted by molar-refractivity contribution is 7.20. The number of allylic oxidation sites excluding steroid dienone is 1. The first-order chi connectivity index (χ1) is 32.3. The van der Waals surface area contributed by atoms with E-state index in [1.54, 1.807) is 0 Å². The van der Waals surface area contributed by atoms with Gasteiger partial charge in [-0.1, -0.05) is 87.5 Å². The van der Waals surface area contributed by atoms with Crippen molar-refractivity contribution in [3.05, 3.63) is 160 Å². The molecule has 0 amide bonds. The number of rotatable bonds is 11. The summed E-state index contributed by atoms with van der Waals surface area (Å²) in [6.45, 7) is 11.0. The van der Waals surface area contributed by atoms with Crippen LogP contribution in [0.2, 0.25) is 0 Å². The monoisotopic (exact) mass is 900 g/mol. The van der Waals surface area contributed by atoms with Gasteiger partial charge in [-0.2, -0.15) is 10.5 Å². The van der Waals surface area contributed by atoms with E-state index in [0.717, 1.165) is 31.7 Å². The summed E-state index contributed by atoms with van der Waals surface area (Å²) >= 11 is 2.85. The maximum atomic E-state index is 11.7. The van der Waals surface area contributed by atoms with Crippen LogP contribution in [-0.4, -0.2) is 40.0 Å². The average Bonchev–Trinajstić information content (AvgIpc) is 4.19. The van der Waals surface area contributed by atoms with Crippen LogP contribution in [0.5, 0.6) is 28.7 Å². The van der Waals surface area contributed by atoms with Gasteiger partial charge in [-0.3, -0.25) is 0 Å². The second-order valence-corrected chi connectivity index (χ2v) is 18.6. The van der Waals surface area contributed by atoms with Gasteiger partial charge in [0.05, 0.1) is 43.4 Å². The number of thiazole rings is 2. The number of hydrogen-bond acceptors (Lipinski definition) is 11. The number of benzene rings is 5. The number of nitrogens with zero attached hydrogens (tertiary/aromatic N) is 6. The fourth-order valence-electron chi connectivity index (χ4n) is 8.82. The lowest BCUT2D eigenvalue weighted by atomic mass is 9.97. The van der Waals surface area contributed by atoms with E-state index < -0.39 is 14.5 Å². The Morgan fingerprint density at radius 3 is 1.68 bits per heavy atom. The van der Waals surface area contributed by atoms with Gasteiger partial charge in [0, 0.05) is 22.0 Å². The largest absolute Gasteiger partial charge is 0.743 e. The van der Waals surface area contributed by atoms with Crippen LogP contribution in [0.4, 0.5) is 0 Å².